The van der Waals surface area contributed by atoms with E-state index < -0.39 is 0 Å². The normalized spacial score (nSPS) is 21.9. The van der Waals surface area contributed by atoms with Crippen molar-refractivity contribution in [2.75, 3.05) is 26.2 Å². The van der Waals surface area contributed by atoms with Crippen LogP contribution in [0.15, 0.2) is 4.52 Å². The van der Waals surface area contributed by atoms with Gasteiger partial charge in [-0.05, 0) is 6.54 Å². The Kier molecular flexibility index (Phi) is 3.49. The quantitative estimate of drug-likeness (QED) is 0.742. The lowest BCUT2D eigenvalue weighted by molar-refractivity contribution is -0.0334. The molecular weight excluding hydrogens is 208 g/mol. The summed E-state index contributed by atoms with van der Waals surface area (Å²) in [4.78, 5) is 6.41. The molecule has 0 amide bonds. The first-order chi connectivity index (χ1) is 7.83. The van der Waals surface area contributed by atoms with Crippen molar-refractivity contribution in [1.82, 2.24) is 15.0 Å². The molecule has 1 atom stereocenters. The van der Waals surface area contributed by atoms with Crippen molar-refractivity contribution in [2.45, 2.75) is 19.4 Å². The Morgan fingerprint density at radius 1 is 1.62 bits per heavy atom. The van der Waals surface area contributed by atoms with Gasteiger partial charge in [0.2, 0.25) is 11.7 Å². The van der Waals surface area contributed by atoms with Crippen molar-refractivity contribution in [3.05, 3.63) is 11.7 Å². The molecule has 2 rings (SSSR count). The maximum Gasteiger partial charge on any atom is 0.240 e. The lowest BCUT2D eigenvalue weighted by atomic mass is 10.2. The van der Waals surface area contributed by atoms with Crippen LogP contribution in [0.1, 0.15) is 24.7 Å². The molecule has 1 fully saturated rings. The molecule has 6 nitrogen and oxygen atoms in total. The Balaban J connectivity index is 2.02. The van der Waals surface area contributed by atoms with Crippen LogP contribution in [0.25, 0.3) is 0 Å². The zero-order valence-corrected chi connectivity index (χ0v) is 9.22. The minimum Gasteiger partial charge on any atom is -0.367 e. The van der Waals surface area contributed by atoms with E-state index in [1.165, 1.54) is 0 Å². The third kappa shape index (κ3) is 2.38. The molecule has 1 aliphatic rings. The molecule has 1 unspecified atom stereocenters. The van der Waals surface area contributed by atoms with Crippen LogP contribution in [0.4, 0.5) is 0 Å². The Morgan fingerprint density at radius 3 is 3.25 bits per heavy atom. The van der Waals surface area contributed by atoms with Gasteiger partial charge in [0.05, 0.1) is 12.7 Å². The van der Waals surface area contributed by atoms with Gasteiger partial charge in [-0.3, -0.25) is 4.90 Å². The third-order valence-corrected chi connectivity index (χ3v) is 2.60. The largest absolute Gasteiger partial charge is 0.367 e. The monoisotopic (exact) mass is 222 g/mol. The lowest BCUT2D eigenvalue weighted by Crippen LogP contribution is -2.38. The summed E-state index contributed by atoms with van der Waals surface area (Å²) in [6, 6.07) is 1.97. The van der Waals surface area contributed by atoms with Gasteiger partial charge in [0, 0.05) is 13.1 Å². The van der Waals surface area contributed by atoms with E-state index in [0.717, 1.165) is 19.6 Å². The van der Waals surface area contributed by atoms with E-state index in [4.69, 9.17) is 14.5 Å². The molecule has 1 aromatic heterocycles. The highest BCUT2D eigenvalue weighted by Crippen LogP contribution is 2.19. The number of nitrogens with zero attached hydrogens (tertiary/aromatic N) is 4. The van der Waals surface area contributed by atoms with Crippen LogP contribution in [-0.4, -0.2) is 41.3 Å². The molecule has 0 radical (unpaired) electrons. The molecule has 1 aliphatic heterocycles. The highest BCUT2D eigenvalue weighted by Gasteiger charge is 2.25. The molecule has 0 aromatic carbocycles. The maximum absolute atomic E-state index is 8.50. The molecule has 0 aliphatic carbocycles. The second kappa shape index (κ2) is 5.05. The number of hydrogen-bond acceptors (Lipinski definition) is 6. The molecule has 16 heavy (non-hydrogen) atoms. The SMILES string of the molecule is CCN1CCOC(c2noc(CC#N)n2)C1. The fraction of sp³-hybridized carbons (Fsp3) is 0.700. The number of morpholine rings is 1. The van der Waals surface area contributed by atoms with Gasteiger partial charge in [0.1, 0.15) is 12.5 Å². The van der Waals surface area contributed by atoms with E-state index in [0.29, 0.717) is 18.3 Å². The van der Waals surface area contributed by atoms with Gasteiger partial charge < -0.3 is 9.26 Å². The standard InChI is InChI=1S/C10H14N4O2/c1-2-14-5-6-15-8(7-14)10-12-9(3-4-11)16-13-10/h8H,2-3,5-7H2,1H3. The van der Waals surface area contributed by atoms with E-state index in [1.807, 2.05) is 6.07 Å². The van der Waals surface area contributed by atoms with Crippen molar-refractivity contribution in [2.24, 2.45) is 0 Å². The van der Waals surface area contributed by atoms with Crippen LogP contribution in [0.3, 0.4) is 0 Å². The Morgan fingerprint density at radius 2 is 2.50 bits per heavy atom. The predicted molar refractivity (Wildman–Crippen MR) is 54.4 cm³/mol. The highest BCUT2D eigenvalue weighted by molar-refractivity contribution is 4.97. The minimum absolute atomic E-state index is 0.134. The van der Waals surface area contributed by atoms with Crippen LogP contribution < -0.4 is 0 Å². The van der Waals surface area contributed by atoms with Crippen molar-refractivity contribution < 1.29 is 9.26 Å². The van der Waals surface area contributed by atoms with E-state index in [1.54, 1.807) is 0 Å². The van der Waals surface area contributed by atoms with Gasteiger partial charge in [-0.15, -0.1) is 0 Å². The van der Waals surface area contributed by atoms with E-state index in [-0.39, 0.29) is 12.5 Å². The van der Waals surface area contributed by atoms with Crippen molar-refractivity contribution >= 4 is 0 Å². The molecule has 86 valence electrons. The molecular formula is C10H14N4O2. The van der Waals surface area contributed by atoms with Gasteiger partial charge >= 0.3 is 0 Å². The first kappa shape index (κ1) is 11.0. The van der Waals surface area contributed by atoms with E-state index in [9.17, 15) is 0 Å². The van der Waals surface area contributed by atoms with Crippen LogP contribution >= 0.6 is 0 Å². The van der Waals surface area contributed by atoms with E-state index in [2.05, 4.69) is 22.0 Å². The minimum atomic E-state index is -0.134. The average Bonchev–Trinajstić information content (AvgIpc) is 2.78. The average molecular weight is 222 g/mol. The summed E-state index contributed by atoms with van der Waals surface area (Å²) in [5.41, 5.74) is 0. The van der Waals surface area contributed by atoms with Crippen molar-refractivity contribution in [3.8, 4) is 6.07 Å². The molecule has 0 N–H and O–H groups in total. The first-order valence-electron chi connectivity index (χ1n) is 5.37. The summed E-state index contributed by atoms with van der Waals surface area (Å²) >= 11 is 0. The second-order valence-corrected chi connectivity index (χ2v) is 3.63. The fourth-order valence-electron chi connectivity index (χ4n) is 1.68. The molecule has 1 aromatic rings. The summed E-state index contributed by atoms with van der Waals surface area (Å²) in [6.07, 6.45) is 0.0157. The molecule has 0 bridgehead atoms. The summed E-state index contributed by atoms with van der Waals surface area (Å²) < 4.78 is 10.5. The van der Waals surface area contributed by atoms with Crippen LogP contribution in [-0.2, 0) is 11.2 Å². The summed E-state index contributed by atoms with van der Waals surface area (Å²) in [6.45, 7) is 5.50. The van der Waals surface area contributed by atoms with Crippen LogP contribution in [0, 0.1) is 11.3 Å². The molecule has 0 saturated carbocycles. The van der Waals surface area contributed by atoms with Gasteiger partial charge in [-0.2, -0.15) is 10.2 Å². The third-order valence-electron chi connectivity index (χ3n) is 2.60. The molecule has 0 spiro atoms. The first-order valence-corrected chi connectivity index (χ1v) is 5.37. The summed E-state index contributed by atoms with van der Waals surface area (Å²) in [5, 5.41) is 12.3. The van der Waals surface area contributed by atoms with Crippen molar-refractivity contribution in [3.63, 3.8) is 0 Å². The van der Waals surface area contributed by atoms with Crippen molar-refractivity contribution in [1.29, 1.82) is 5.26 Å². The number of ether oxygens (including phenoxy) is 1. The Hall–Kier alpha value is -1.45. The second-order valence-electron chi connectivity index (χ2n) is 3.63. The smallest absolute Gasteiger partial charge is 0.240 e. The lowest BCUT2D eigenvalue weighted by Gasteiger charge is -2.30. The number of rotatable bonds is 3. The van der Waals surface area contributed by atoms with E-state index >= 15 is 0 Å². The summed E-state index contributed by atoms with van der Waals surface area (Å²) in [5.74, 6) is 0.901. The predicted octanol–water partition coefficient (Wildman–Crippen LogP) is 0.529. The zero-order chi connectivity index (χ0) is 11.4. The molecule has 1 saturated heterocycles. The van der Waals surface area contributed by atoms with Gasteiger partial charge in [0.25, 0.3) is 0 Å². The van der Waals surface area contributed by atoms with Gasteiger partial charge in [-0.1, -0.05) is 12.1 Å². The Bertz CT molecular complexity index is 384. The van der Waals surface area contributed by atoms with Crippen LogP contribution in [0.5, 0.6) is 0 Å². The fourth-order valence-corrected chi connectivity index (χ4v) is 1.68. The highest BCUT2D eigenvalue weighted by atomic mass is 16.5. The van der Waals surface area contributed by atoms with Crippen LogP contribution in [0.2, 0.25) is 0 Å². The number of aromatic nitrogens is 2. The van der Waals surface area contributed by atoms with Gasteiger partial charge in [-0.25, -0.2) is 0 Å². The zero-order valence-electron chi connectivity index (χ0n) is 9.22. The topological polar surface area (TPSA) is 75.2 Å². The molecule has 2 heterocycles. The number of likely N-dealkylation sites (N-methyl/N-ethyl adjacent to an activating group) is 1. The summed E-state index contributed by atoms with van der Waals surface area (Å²) in [7, 11) is 0. The maximum atomic E-state index is 8.50. The number of hydrogen-bond donors (Lipinski definition) is 0. The van der Waals surface area contributed by atoms with Gasteiger partial charge in [0.15, 0.2) is 0 Å². The Labute approximate surface area is 93.8 Å². The molecule has 6 heteroatoms. The number of nitriles is 1.